The van der Waals surface area contributed by atoms with E-state index in [-0.39, 0.29) is 11.4 Å². The summed E-state index contributed by atoms with van der Waals surface area (Å²) in [7, 11) is 0. The lowest BCUT2D eigenvalue weighted by atomic mass is 9.81. The van der Waals surface area contributed by atoms with Crippen LogP contribution >= 0.6 is 11.3 Å². The van der Waals surface area contributed by atoms with Crippen molar-refractivity contribution in [1.29, 1.82) is 5.26 Å². The number of rotatable bonds is 6. The van der Waals surface area contributed by atoms with Gasteiger partial charge in [-0.3, -0.25) is 14.7 Å². The minimum atomic E-state index is -0.147. The zero-order valence-corrected chi connectivity index (χ0v) is 18.1. The van der Waals surface area contributed by atoms with E-state index in [0.717, 1.165) is 30.8 Å². The predicted octanol–water partition coefficient (Wildman–Crippen LogP) is 4.16. The highest BCUT2D eigenvalue weighted by Crippen LogP contribution is 2.52. The van der Waals surface area contributed by atoms with Gasteiger partial charge in [-0.25, -0.2) is 0 Å². The molecule has 0 bridgehead atoms. The van der Waals surface area contributed by atoms with Crippen molar-refractivity contribution in [2.24, 2.45) is 11.8 Å². The maximum Gasteiger partial charge on any atom is 0.265 e. The molecule has 2 saturated heterocycles. The highest BCUT2D eigenvalue weighted by atomic mass is 32.1. The molecule has 6 heteroatoms. The Hall–Kier alpha value is -2.23. The van der Waals surface area contributed by atoms with Gasteiger partial charge in [0.25, 0.3) is 5.91 Å². The summed E-state index contributed by atoms with van der Waals surface area (Å²) < 4.78 is 0. The topological polar surface area (TPSA) is 60.2 Å². The van der Waals surface area contributed by atoms with Gasteiger partial charge >= 0.3 is 0 Å². The number of nitriles is 1. The molecule has 156 valence electrons. The fourth-order valence-electron chi connectivity index (χ4n) is 5.54. The van der Waals surface area contributed by atoms with Crippen molar-refractivity contribution in [3.05, 3.63) is 52.5 Å². The van der Waals surface area contributed by atoms with Crippen LogP contribution in [0.2, 0.25) is 0 Å². The molecule has 30 heavy (non-hydrogen) atoms. The summed E-state index contributed by atoms with van der Waals surface area (Å²) in [6.45, 7) is 3.44. The monoisotopic (exact) mass is 420 g/mol. The van der Waals surface area contributed by atoms with Gasteiger partial charge in [-0.2, -0.15) is 5.26 Å². The fourth-order valence-corrected chi connectivity index (χ4v) is 6.13. The van der Waals surface area contributed by atoms with Gasteiger partial charge in [0, 0.05) is 13.1 Å². The molecule has 1 amide bonds. The summed E-state index contributed by atoms with van der Waals surface area (Å²) in [6, 6.07) is 13.3. The van der Waals surface area contributed by atoms with Crippen LogP contribution in [0.3, 0.4) is 0 Å². The van der Waals surface area contributed by atoms with E-state index in [1.54, 1.807) is 11.7 Å². The van der Waals surface area contributed by atoms with Crippen LogP contribution in [0.4, 0.5) is 0 Å². The molecule has 0 N–H and O–H groups in total. The lowest BCUT2D eigenvalue weighted by Crippen LogP contribution is -2.71. The number of hydrogen-bond acceptors (Lipinski definition) is 5. The SMILES string of the molecule is N#CCC1(N2CCC(C[C@@H]3CC3c3ccccc3)CC2)CN(C(=O)c2cncs2)C1. The fraction of sp³-hybridized carbons (Fsp3) is 0.542. The minimum absolute atomic E-state index is 0.0571. The van der Waals surface area contributed by atoms with Crippen molar-refractivity contribution in [2.75, 3.05) is 26.2 Å². The Morgan fingerprint density at radius 2 is 2.00 bits per heavy atom. The Balaban J connectivity index is 1.13. The Labute approximate surface area is 182 Å². The average molecular weight is 421 g/mol. The second-order valence-corrected chi connectivity index (χ2v) is 10.2. The number of aromatic nitrogens is 1. The molecule has 5 nitrogen and oxygen atoms in total. The Morgan fingerprint density at radius 1 is 1.23 bits per heavy atom. The Bertz CT molecular complexity index is 908. The molecule has 1 unspecified atom stereocenters. The van der Waals surface area contributed by atoms with Gasteiger partial charge in [0.15, 0.2) is 0 Å². The van der Waals surface area contributed by atoms with Gasteiger partial charge in [-0.15, -0.1) is 11.3 Å². The maximum atomic E-state index is 12.6. The van der Waals surface area contributed by atoms with Crippen molar-refractivity contribution in [1.82, 2.24) is 14.8 Å². The molecular formula is C24H28N4OS. The van der Waals surface area contributed by atoms with Gasteiger partial charge in [-0.05, 0) is 62.1 Å². The molecule has 0 spiro atoms. The minimum Gasteiger partial charge on any atom is -0.334 e. The number of likely N-dealkylation sites (tertiary alicyclic amines) is 2. The van der Waals surface area contributed by atoms with Crippen LogP contribution < -0.4 is 0 Å². The molecule has 3 fully saturated rings. The summed E-state index contributed by atoms with van der Waals surface area (Å²) in [5.41, 5.74) is 3.06. The summed E-state index contributed by atoms with van der Waals surface area (Å²) in [5, 5.41) is 9.43. The lowest BCUT2D eigenvalue weighted by Gasteiger charge is -2.56. The number of nitrogens with zero attached hydrogens (tertiary/aromatic N) is 4. The largest absolute Gasteiger partial charge is 0.334 e. The molecular weight excluding hydrogens is 392 g/mol. The molecule has 3 aliphatic rings. The first-order valence-corrected chi connectivity index (χ1v) is 11.9. The number of carbonyl (C=O) groups is 1. The molecule has 1 aliphatic carbocycles. The van der Waals surface area contributed by atoms with Gasteiger partial charge in [0.1, 0.15) is 4.88 Å². The second kappa shape index (κ2) is 8.13. The smallest absolute Gasteiger partial charge is 0.265 e. The van der Waals surface area contributed by atoms with Crippen molar-refractivity contribution in [2.45, 2.75) is 43.6 Å². The standard InChI is InChI=1S/C24H28N4OS/c25-9-8-24(15-27(16-24)23(29)22-14-26-17-30-22)28-10-6-18(7-11-28)12-20-13-21(20)19-4-2-1-3-5-19/h1-5,14,17-18,20-21H,6-8,10-13,15-16H2/t20-,21?/m1/s1. The van der Waals surface area contributed by atoms with Crippen LogP contribution in [0.25, 0.3) is 0 Å². The number of benzene rings is 1. The average Bonchev–Trinajstić information content (AvgIpc) is 3.29. The molecule has 1 saturated carbocycles. The van der Waals surface area contributed by atoms with Gasteiger partial charge in [0.05, 0.1) is 29.7 Å². The quantitative estimate of drug-likeness (QED) is 0.704. The first-order valence-electron chi connectivity index (χ1n) is 11.0. The number of piperidine rings is 1. The Kier molecular flexibility index (Phi) is 5.34. The highest BCUT2D eigenvalue weighted by molar-refractivity contribution is 7.11. The van der Waals surface area contributed by atoms with Crippen LogP contribution in [0.15, 0.2) is 42.0 Å². The molecule has 5 rings (SSSR count). The van der Waals surface area contributed by atoms with Crippen molar-refractivity contribution in [3.63, 3.8) is 0 Å². The van der Waals surface area contributed by atoms with Crippen molar-refractivity contribution < 1.29 is 4.79 Å². The number of amides is 1. The maximum absolute atomic E-state index is 12.6. The lowest BCUT2D eigenvalue weighted by molar-refractivity contribution is -0.0529. The summed E-state index contributed by atoms with van der Waals surface area (Å²) >= 11 is 1.39. The summed E-state index contributed by atoms with van der Waals surface area (Å²) in [6.07, 6.45) is 7.26. The number of carbonyl (C=O) groups excluding carboxylic acids is 1. The van der Waals surface area contributed by atoms with Gasteiger partial charge < -0.3 is 4.90 Å². The molecule has 1 aromatic carbocycles. The van der Waals surface area contributed by atoms with Crippen molar-refractivity contribution in [3.8, 4) is 6.07 Å². The third kappa shape index (κ3) is 3.77. The Morgan fingerprint density at radius 3 is 2.67 bits per heavy atom. The van der Waals surface area contributed by atoms with E-state index in [0.29, 0.717) is 24.4 Å². The molecule has 2 atom stereocenters. The predicted molar refractivity (Wildman–Crippen MR) is 117 cm³/mol. The normalized spacial score (nSPS) is 26.0. The van der Waals surface area contributed by atoms with E-state index in [4.69, 9.17) is 0 Å². The van der Waals surface area contributed by atoms with E-state index < -0.39 is 0 Å². The molecule has 3 heterocycles. The number of thiazole rings is 1. The highest BCUT2D eigenvalue weighted by Gasteiger charge is 2.50. The van der Waals surface area contributed by atoms with E-state index in [1.165, 1.54) is 42.6 Å². The zero-order valence-electron chi connectivity index (χ0n) is 17.2. The first-order chi connectivity index (χ1) is 14.7. The molecule has 2 aliphatic heterocycles. The summed E-state index contributed by atoms with van der Waals surface area (Å²) in [4.78, 5) is 21.7. The third-order valence-corrected chi connectivity index (χ3v) is 8.14. The van der Waals surface area contributed by atoms with E-state index >= 15 is 0 Å². The molecule has 1 aromatic heterocycles. The molecule has 0 radical (unpaired) electrons. The number of hydrogen-bond donors (Lipinski definition) is 0. The van der Waals surface area contributed by atoms with E-state index in [9.17, 15) is 10.1 Å². The van der Waals surface area contributed by atoms with Gasteiger partial charge in [0.2, 0.25) is 0 Å². The van der Waals surface area contributed by atoms with Crippen LogP contribution in [-0.2, 0) is 0 Å². The van der Waals surface area contributed by atoms with Crippen LogP contribution in [0.1, 0.15) is 53.3 Å². The van der Waals surface area contributed by atoms with Crippen LogP contribution in [0, 0.1) is 23.2 Å². The van der Waals surface area contributed by atoms with Crippen molar-refractivity contribution >= 4 is 17.2 Å². The van der Waals surface area contributed by atoms with Crippen LogP contribution in [-0.4, -0.2) is 52.4 Å². The third-order valence-electron chi connectivity index (χ3n) is 7.38. The van der Waals surface area contributed by atoms with E-state index in [2.05, 4.69) is 46.3 Å². The second-order valence-electron chi connectivity index (χ2n) is 9.27. The van der Waals surface area contributed by atoms with Crippen LogP contribution in [0.5, 0.6) is 0 Å². The van der Waals surface area contributed by atoms with Gasteiger partial charge in [-0.1, -0.05) is 30.3 Å². The van der Waals surface area contributed by atoms with E-state index in [1.807, 2.05) is 4.90 Å². The molecule has 2 aromatic rings. The zero-order chi connectivity index (χ0) is 20.6. The summed E-state index contributed by atoms with van der Waals surface area (Å²) in [5.74, 6) is 2.48. The first kappa shape index (κ1) is 19.7.